The predicted molar refractivity (Wildman–Crippen MR) is 43.4 cm³/mol. The minimum absolute atomic E-state index is 0.259. The van der Waals surface area contributed by atoms with Crippen LogP contribution in [0.2, 0.25) is 0 Å². The molecule has 0 unspecified atom stereocenters. The molecule has 0 bridgehead atoms. The van der Waals surface area contributed by atoms with Crippen molar-refractivity contribution in [3.8, 4) is 12.1 Å². The molecule has 60 valence electrons. The van der Waals surface area contributed by atoms with Gasteiger partial charge in [-0.2, -0.15) is 10.5 Å². The van der Waals surface area contributed by atoms with Gasteiger partial charge in [-0.15, -0.1) is 0 Å². The first-order valence-electron chi connectivity index (χ1n) is 3.76. The molecule has 0 saturated carbocycles. The fraction of sp³-hybridized carbons (Fsp3) is 0.778. The Kier molecular flexibility index (Phi) is 2.65. The maximum Gasteiger partial charge on any atom is 0.148 e. The van der Waals surface area contributed by atoms with E-state index in [1.54, 1.807) is 0 Å². The highest BCUT2D eigenvalue weighted by Gasteiger charge is 2.41. The Morgan fingerprint density at radius 1 is 1.09 bits per heavy atom. The van der Waals surface area contributed by atoms with Crippen molar-refractivity contribution >= 4 is 0 Å². The molecular formula is C9H14N2. The molecule has 2 heteroatoms. The molecule has 0 aromatic heterocycles. The first-order valence-corrected chi connectivity index (χ1v) is 3.76. The molecule has 0 atom stereocenters. The second-order valence-corrected chi connectivity index (χ2v) is 3.73. The molecule has 0 rings (SSSR count). The molecule has 0 radical (unpaired) electrons. The molecule has 0 spiro atoms. The third-order valence-corrected chi connectivity index (χ3v) is 2.19. The van der Waals surface area contributed by atoms with Gasteiger partial charge in [0, 0.05) is 0 Å². The molecule has 0 aliphatic carbocycles. The molecule has 0 amide bonds. The zero-order chi connectivity index (χ0) is 9.12. The lowest BCUT2D eigenvalue weighted by Gasteiger charge is -2.31. The molecule has 11 heavy (non-hydrogen) atoms. The number of nitrogens with zero attached hydrogens (tertiary/aromatic N) is 2. The Labute approximate surface area is 68.4 Å². The van der Waals surface area contributed by atoms with E-state index in [0.717, 1.165) is 0 Å². The third-order valence-electron chi connectivity index (χ3n) is 2.19. The summed E-state index contributed by atoms with van der Waals surface area (Å²) in [5, 5.41) is 17.7. The Hall–Kier alpha value is -1.02. The Morgan fingerprint density at radius 2 is 1.45 bits per heavy atom. The Balaban J connectivity index is 4.94. The molecule has 2 nitrogen and oxygen atoms in total. The molecule has 0 aromatic carbocycles. The zero-order valence-electron chi connectivity index (χ0n) is 7.60. The summed E-state index contributed by atoms with van der Waals surface area (Å²) in [6.45, 7) is 7.63. The summed E-state index contributed by atoms with van der Waals surface area (Å²) >= 11 is 0. The predicted octanol–water partition coefficient (Wildman–Crippen LogP) is 2.48. The maximum absolute atomic E-state index is 8.84. The largest absolute Gasteiger partial charge is 0.197 e. The van der Waals surface area contributed by atoms with Gasteiger partial charge in [-0.25, -0.2) is 0 Å². The van der Waals surface area contributed by atoms with E-state index in [1.165, 1.54) is 0 Å². The van der Waals surface area contributed by atoms with Gasteiger partial charge in [0.25, 0.3) is 0 Å². The first-order chi connectivity index (χ1) is 4.93. The fourth-order valence-electron chi connectivity index (χ4n) is 1.05. The van der Waals surface area contributed by atoms with Gasteiger partial charge in [0.15, 0.2) is 0 Å². The van der Waals surface area contributed by atoms with Crippen LogP contribution in [0.4, 0.5) is 0 Å². The Bertz CT molecular complexity index is 195. The fourth-order valence-corrected chi connectivity index (χ4v) is 1.05. The van der Waals surface area contributed by atoms with Crippen molar-refractivity contribution in [2.24, 2.45) is 10.8 Å². The molecule has 0 fully saturated rings. The van der Waals surface area contributed by atoms with Crippen LogP contribution in [0.3, 0.4) is 0 Å². The maximum atomic E-state index is 8.84. The van der Waals surface area contributed by atoms with Crippen LogP contribution in [-0.4, -0.2) is 0 Å². The minimum atomic E-state index is -0.826. The highest BCUT2D eigenvalue weighted by atomic mass is 14.5. The standard InChI is InChI=1S/C9H14N2/c1-5-9(6-10,7-11)8(2,3)4/h5H2,1-4H3. The van der Waals surface area contributed by atoms with Crippen LogP contribution in [0.15, 0.2) is 0 Å². The molecule has 0 aromatic rings. The summed E-state index contributed by atoms with van der Waals surface area (Å²) < 4.78 is 0. The highest BCUT2D eigenvalue weighted by Crippen LogP contribution is 2.40. The third kappa shape index (κ3) is 1.52. The number of nitriles is 2. The van der Waals surface area contributed by atoms with Crippen LogP contribution < -0.4 is 0 Å². The lowest BCUT2D eigenvalue weighted by Crippen LogP contribution is -2.32. The van der Waals surface area contributed by atoms with Gasteiger partial charge in [-0.3, -0.25) is 0 Å². The Morgan fingerprint density at radius 3 is 1.45 bits per heavy atom. The van der Waals surface area contributed by atoms with Gasteiger partial charge in [-0.05, 0) is 11.8 Å². The first kappa shape index (κ1) is 9.98. The lowest BCUT2D eigenvalue weighted by molar-refractivity contribution is 0.215. The van der Waals surface area contributed by atoms with Crippen molar-refractivity contribution in [1.29, 1.82) is 10.5 Å². The molecule has 0 heterocycles. The average Bonchev–Trinajstić information content (AvgIpc) is 1.90. The van der Waals surface area contributed by atoms with Gasteiger partial charge in [0.05, 0.1) is 12.1 Å². The average molecular weight is 150 g/mol. The van der Waals surface area contributed by atoms with Crippen LogP contribution in [0.5, 0.6) is 0 Å². The van der Waals surface area contributed by atoms with Crippen molar-refractivity contribution in [3.63, 3.8) is 0 Å². The molecular weight excluding hydrogens is 136 g/mol. The quantitative estimate of drug-likeness (QED) is 0.576. The van der Waals surface area contributed by atoms with Crippen LogP contribution in [-0.2, 0) is 0 Å². The smallest absolute Gasteiger partial charge is 0.148 e. The van der Waals surface area contributed by atoms with Gasteiger partial charge < -0.3 is 0 Å². The lowest BCUT2D eigenvalue weighted by atomic mass is 9.67. The van der Waals surface area contributed by atoms with Crippen LogP contribution in [0.25, 0.3) is 0 Å². The normalized spacial score (nSPS) is 11.8. The van der Waals surface area contributed by atoms with E-state index < -0.39 is 5.41 Å². The molecule has 0 aliphatic rings. The van der Waals surface area contributed by atoms with E-state index >= 15 is 0 Å². The number of hydrogen-bond donors (Lipinski definition) is 0. The topological polar surface area (TPSA) is 47.6 Å². The van der Waals surface area contributed by atoms with Gasteiger partial charge in [0.1, 0.15) is 5.41 Å². The van der Waals surface area contributed by atoms with E-state index in [2.05, 4.69) is 12.1 Å². The summed E-state index contributed by atoms with van der Waals surface area (Å²) in [5.41, 5.74) is -1.09. The summed E-state index contributed by atoms with van der Waals surface area (Å²) in [6, 6.07) is 4.19. The van der Waals surface area contributed by atoms with E-state index in [4.69, 9.17) is 10.5 Å². The second kappa shape index (κ2) is 2.93. The summed E-state index contributed by atoms with van der Waals surface area (Å²) in [6.07, 6.45) is 0.587. The summed E-state index contributed by atoms with van der Waals surface area (Å²) in [4.78, 5) is 0. The molecule has 0 aliphatic heterocycles. The van der Waals surface area contributed by atoms with E-state index in [9.17, 15) is 0 Å². The van der Waals surface area contributed by atoms with E-state index in [-0.39, 0.29) is 5.41 Å². The second-order valence-electron chi connectivity index (χ2n) is 3.73. The molecule has 0 N–H and O–H groups in total. The number of rotatable bonds is 1. The zero-order valence-corrected chi connectivity index (χ0v) is 7.60. The van der Waals surface area contributed by atoms with Crippen molar-refractivity contribution in [3.05, 3.63) is 0 Å². The van der Waals surface area contributed by atoms with Crippen LogP contribution in [0, 0.1) is 33.5 Å². The van der Waals surface area contributed by atoms with Crippen molar-refractivity contribution in [1.82, 2.24) is 0 Å². The molecule has 0 saturated heterocycles. The van der Waals surface area contributed by atoms with E-state index in [1.807, 2.05) is 27.7 Å². The van der Waals surface area contributed by atoms with Crippen molar-refractivity contribution in [2.45, 2.75) is 34.1 Å². The van der Waals surface area contributed by atoms with Gasteiger partial charge >= 0.3 is 0 Å². The highest BCUT2D eigenvalue weighted by molar-refractivity contribution is 5.18. The van der Waals surface area contributed by atoms with Crippen LogP contribution >= 0.6 is 0 Å². The minimum Gasteiger partial charge on any atom is -0.197 e. The van der Waals surface area contributed by atoms with Crippen molar-refractivity contribution < 1.29 is 0 Å². The van der Waals surface area contributed by atoms with Gasteiger partial charge in [-0.1, -0.05) is 27.7 Å². The summed E-state index contributed by atoms with van der Waals surface area (Å²) in [7, 11) is 0. The van der Waals surface area contributed by atoms with Crippen LogP contribution in [0.1, 0.15) is 34.1 Å². The van der Waals surface area contributed by atoms with E-state index in [0.29, 0.717) is 6.42 Å². The van der Waals surface area contributed by atoms with Gasteiger partial charge in [0.2, 0.25) is 0 Å². The monoisotopic (exact) mass is 150 g/mol. The number of hydrogen-bond acceptors (Lipinski definition) is 2. The SMILES string of the molecule is CCC(C#N)(C#N)C(C)(C)C. The van der Waals surface area contributed by atoms with Crippen molar-refractivity contribution in [2.75, 3.05) is 0 Å². The summed E-state index contributed by atoms with van der Waals surface area (Å²) in [5.74, 6) is 0.